The second kappa shape index (κ2) is 8.14. The van der Waals surface area contributed by atoms with E-state index >= 15 is 0 Å². The Kier molecular flexibility index (Phi) is 6.19. The summed E-state index contributed by atoms with van der Waals surface area (Å²) in [6, 6.07) is 0. The first-order valence-corrected chi connectivity index (χ1v) is 7.85. The maximum atomic E-state index is 12.0. The molecule has 7 nitrogen and oxygen atoms in total. The molecule has 2 rings (SSSR count). The molecule has 0 unspecified atom stereocenters. The first-order chi connectivity index (χ1) is 10.2. The standard InChI is InChI=1S/C13H20BrN5O2/c1-2-15-12-11(14)13(18-9-17-12)16-4-3-10(20)19-5-7-21-8-6-19/h9H,2-8H2,1H3,(H2,15,16,17,18). The summed E-state index contributed by atoms with van der Waals surface area (Å²) in [7, 11) is 0. The highest BCUT2D eigenvalue weighted by Crippen LogP contribution is 2.26. The number of ether oxygens (including phenoxy) is 1. The molecule has 116 valence electrons. The molecule has 0 atom stereocenters. The molecule has 1 amide bonds. The van der Waals surface area contributed by atoms with Crippen LogP contribution >= 0.6 is 15.9 Å². The summed E-state index contributed by atoms with van der Waals surface area (Å²) in [5, 5.41) is 6.31. The minimum absolute atomic E-state index is 0.142. The molecular weight excluding hydrogens is 338 g/mol. The second-order valence-electron chi connectivity index (χ2n) is 4.59. The fourth-order valence-electron chi connectivity index (χ4n) is 2.04. The summed E-state index contributed by atoms with van der Waals surface area (Å²) in [4.78, 5) is 22.2. The molecule has 2 heterocycles. The average molecular weight is 358 g/mol. The Morgan fingerprint density at radius 2 is 2.00 bits per heavy atom. The van der Waals surface area contributed by atoms with E-state index in [0.717, 1.165) is 16.8 Å². The lowest BCUT2D eigenvalue weighted by Crippen LogP contribution is -2.41. The molecule has 1 fully saturated rings. The molecule has 0 spiro atoms. The van der Waals surface area contributed by atoms with Gasteiger partial charge in [-0.25, -0.2) is 9.97 Å². The third-order valence-corrected chi connectivity index (χ3v) is 3.88. The van der Waals surface area contributed by atoms with Gasteiger partial charge in [0.1, 0.15) is 22.4 Å². The number of carbonyl (C=O) groups is 1. The molecular formula is C13H20BrN5O2. The molecule has 0 radical (unpaired) electrons. The van der Waals surface area contributed by atoms with Gasteiger partial charge in [-0.3, -0.25) is 4.79 Å². The number of nitrogens with zero attached hydrogens (tertiary/aromatic N) is 3. The van der Waals surface area contributed by atoms with Crippen LogP contribution in [0.2, 0.25) is 0 Å². The molecule has 1 saturated heterocycles. The molecule has 0 aliphatic carbocycles. The normalized spacial score (nSPS) is 14.9. The molecule has 1 aromatic heterocycles. The lowest BCUT2D eigenvalue weighted by atomic mass is 10.3. The van der Waals surface area contributed by atoms with Crippen LogP contribution in [0, 0.1) is 0 Å². The monoisotopic (exact) mass is 357 g/mol. The number of hydrogen-bond donors (Lipinski definition) is 2. The SMILES string of the molecule is CCNc1ncnc(NCCC(=O)N2CCOCC2)c1Br. The molecule has 0 saturated carbocycles. The van der Waals surface area contributed by atoms with Gasteiger partial charge in [0.15, 0.2) is 0 Å². The zero-order valence-corrected chi connectivity index (χ0v) is 13.6. The van der Waals surface area contributed by atoms with Gasteiger partial charge in [-0.15, -0.1) is 0 Å². The molecule has 8 heteroatoms. The Morgan fingerprint density at radius 3 is 2.67 bits per heavy atom. The Labute approximate surface area is 132 Å². The van der Waals surface area contributed by atoms with Gasteiger partial charge in [0.05, 0.1) is 13.2 Å². The van der Waals surface area contributed by atoms with Crippen molar-refractivity contribution in [1.82, 2.24) is 14.9 Å². The summed E-state index contributed by atoms with van der Waals surface area (Å²) in [5.41, 5.74) is 0. The van der Waals surface area contributed by atoms with Crippen molar-refractivity contribution >= 4 is 33.5 Å². The molecule has 0 bridgehead atoms. The van der Waals surface area contributed by atoms with Crippen LogP contribution in [0.5, 0.6) is 0 Å². The van der Waals surface area contributed by atoms with Crippen molar-refractivity contribution in [1.29, 1.82) is 0 Å². The van der Waals surface area contributed by atoms with Crippen LogP contribution in [0.3, 0.4) is 0 Å². The molecule has 1 aromatic rings. The highest BCUT2D eigenvalue weighted by molar-refractivity contribution is 9.10. The van der Waals surface area contributed by atoms with E-state index in [1.165, 1.54) is 6.33 Å². The number of rotatable bonds is 6. The Morgan fingerprint density at radius 1 is 1.33 bits per heavy atom. The quantitative estimate of drug-likeness (QED) is 0.799. The van der Waals surface area contributed by atoms with Crippen LogP contribution in [-0.2, 0) is 9.53 Å². The summed E-state index contributed by atoms with van der Waals surface area (Å²) in [6.45, 7) is 5.94. The zero-order chi connectivity index (χ0) is 15.1. The van der Waals surface area contributed by atoms with Crippen LogP contribution in [-0.4, -0.2) is 60.2 Å². The summed E-state index contributed by atoms with van der Waals surface area (Å²) in [6.07, 6.45) is 1.93. The van der Waals surface area contributed by atoms with Crippen molar-refractivity contribution in [2.24, 2.45) is 0 Å². The van der Waals surface area contributed by atoms with E-state index in [4.69, 9.17) is 4.74 Å². The Bertz CT molecular complexity index is 480. The lowest BCUT2D eigenvalue weighted by Gasteiger charge is -2.26. The van der Waals surface area contributed by atoms with E-state index in [1.807, 2.05) is 11.8 Å². The van der Waals surface area contributed by atoms with Crippen LogP contribution in [0.25, 0.3) is 0 Å². The number of carbonyl (C=O) groups excluding carboxylic acids is 1. The number of anilines is 2. The zero-order valence-electron chi connectivity index (χ0n) is 12.1. The van der Waals surface area contributed by atoms with Crippen molar-refractivity contribution in [2.45, 2.75) is 13.3 Å². The van der Waals surface area contributed by atoms with Gasteiger partial charge in [0, 0.05) is 32.6 Å². The van der Waals surface area contributed by atoms with Crippen LogP contribution < -0.4 is 10.6 Å². The summed E-state index contributed by atoms with van der Waals surface area (Å²) < 4.78 is 6.02. The number of morpholine rings is 1. The number of halogens is 1. The maximum Gasteiger partial charge on any atom is 0.224 e. The highest BCUT2D eigenvalue weighted by Gasteiger charge is 2.16. The van der Waals surface area contributed by atoms with Crippen molar-refractivity contribution < 1.29 is 9.53 Å². The van der Waals surface area contributed by atoms with Gasteiger partial charge >= 0.3 is 0 Å². The van der Waals surface area contributed by atoms with Gasteiger partial charge in [0.2, 0.25) is 5.91 Å². The van der Waals surface area contributed by atoms with Crippen molar-refractivity contribution in [2.75, 3.05) is 50.0 Å². The van der Waals surface area contributed by atoms with Crippen molar-refractivity contribution in [3.8, 4) is 0 Å². The van der Waals surface area contributed by atoms with E-state index in [-0.39, 0.29) is 5.91 Å². The highest BCUT2D eigenvalue weighted by atomic mass is 79.9. The van der Waals surface area contributed by atoms with E-state index in [1.54, 1.807) is 0 Å². The van der Waals surface area contributed by atoms with Gasteiger partial charge in [0.25, 0.3) is 0 Å². The minimum Gasteiger partial charge on any atom is -0.378 e. The average Bonchev–Trinajstić information content (AvgIpc) is 2.52. The van der Waals surface area contributed by atoms with E-state index in [2.05, 4.69) is 36.5 Å². The van der Waals surface area contributed by atoms with Crippen LogP contribution in [0.1, 0.15) is 13.3 Å². The molecule has 0 aromatic carbocycles. The minimum atomic E-state index is 0.142. The third-order valence-electron chi connectivity index (χ3n) is 3.13. The molecule has 1 aliphatic heterocycles. The predicted octanol–water partition coefficient (Wildman–Crippen LogP) is 1.33. The summed E-state index contributed by atoms with van der Waals surface area (Å²) in [5.74, 6) is 1.58. The number of hydrogen-bond acceptors (Lipinski definition) is 6. The Hall–Kier alpha value is -1.41. The van der Waals surface area contributed by atoms with E-state index in [0.29, 0.717) is 45.1 Å². The first-order valence-electron chi connectivity index (χ1n) is 7.06. The first kappa shape index (κ1) is 16.0. The van der Waals surface area contributed by atoms with E-state index in [9.17, 15) is 4.79 Å². The van der Waals surface area contributed by atoms with Gasteiger partial charge < -0.3 is 20.3 Å². The van der Waals surface area contributed by atoms with E-state index < -0.39 is 0 Å². The number of nitrogens with one attached hydrogen (secondary N) is 2. The molecule has 1 aliphatic rings. The molecule has 21 heavy (non-hydrogen) atoms. The van der Waals surface area contributed by atoms with Crippen LogP contribution in [0.15, 0.2) is 10.8 Å². The smallest absolute Gasteiger partial charge is 0.224 e. The predicted molar refractivity (Wildman–Crippen MR) is 84.4 cm³/mol. The molecule has 2 N–H and O–H groups in total. The maximum absolute atomic E-state index is 12.0. The second-order valence-corrected chi connectivity index (χ2v) is 5.38. The van der Waals surface area contributed by atoms with Crippen molar-refractivity contribution in [3.63, 3.8) is 0 Å². The largest absolute Gasteiger partial charge is 0.378 e. The topological polar surface area (TPSA) is 79.4 Å². The lowest BCUT2D eigenvalue weighted by molar-refractivity contribution is -0.134. The summed E-state index contributed by atoms with van der Waals surface area (Å²) >= 11 is 3.46. The van der Waals surface area contributed by atoms with Gasteiger partial charge in [-0.1, -0.05) is 0 Å². The van der Waals surface area contributed by atoms with Crippen molar-refractivity contribution in [3.05, 3.63) is 10.8 Å². The fourth-order valence-corrected chi connectivity index (χ4v) is 2.53. The van der Waals surface area contributed by atoms with Crippen LogP contribution in [0.4, 0.5) is 11.6 Å². The number of aromatic nitrogens is 2. The Balaban J connectivity index is 1.82. The van der Waals surface area contributed by atoms with Gasteiger partial charge in [-0.2, -0.15) is 0 Å². The fraction of sp³-hybridized carbons (Fsp3) is 0.615. The van der Waals surface area contributed by atoms with Gasteiger partial charge in [-0.05, 0) is 22.9 Å². The third kappa shape index (κ3) is 4.53. The number of amides is 1.